The molecule has 0 fully saturated rings. The van der Waals surface area contributed by atoms with E-state index in [0.717, 1.165) is 5.56 Å². The minimum atomic E-state index is -1.59. The standard InChI is InChI=1S/C14H15NO3/c1-8-4-6-10(7-5-8)11-12(9(2)16)14(3,18)15-13(11)17/h4-7,18H,1-3H3,(H,15,17). The van der Waals surface area contributed by atoms with Crippen molar-refractivity contribution in [2.45, 2.75) is 26.5 Å². The quantitative estimate of drug-likeness (QED) is 0.822. The van der Waals surface area contributed by atoms with E-state index in [1.165, 1.54) is 13.8 Å². The average molecular weight is 245 g/mol. The molecule has 1 aliphatic heterocycles. The highest BCUT2D eigenvalue weighted by molar-refractivity contribution is 6.29. The van der Waals surface area contributed by atoms with Crippen molar-refractivity contribution < 1.29 is 14.7 Å². The van der Waals surface area contributed by atoms with Crippen molar-refractivity contribution in [3.8, 4) is 0 Å². The second-order valence-corrected chi connectivity index (χ2v) is 4.70. The Morgan fingerprint density at radius 2 is 1.83 bits per heavy atom. The molecule has 4 nitrogen and oxygen atoms in total. The van der Waals surface area contributed by atoms with Gasteiger partial charge in [-0.05, 0) is 26.3 Å². The van der Waals surface area contributed by atoms with Crippen LogP contribution < -0.4 is 5.32 Å². The molecule has 0 spiro atoms. The van der Waals surface area contributed by atoms with Gasteiger partial charge in [0.05, 0.1) is 11.1 Å². The first-order valence-electron chi connectivity index (χ1n) is 5.70. The maximum atomic E-state index is 11.9. The van der Waals surface area contributed by atoms with Crippen molar-refractivity contribution in [1.29, 1.82) is 0 Å². The molecule has 1 amide bonds. The highest BCUT2D eigenvalue weighted by Crippen LogP contribution is 2.32. The van der Waals surface area contributed by atoms with Crippen LogP contribution in [-0.2, 0) is 9.59 Å². The van der Waals surface area contributed by atoms with E-state index < -0.39 is 11.6 Å². The van der Waals surface area contributed by atoms with Crippen molar-refractivity contribution in [2.75, 3.05) is 0 Å². The highest BCUT2D eigenvalue weighted by Gasteiger charge is 2.42. The van der Waals surface area contributed by atoms with Gasteiger partial charge in [0.15, 0.2) is 11.5 Å². The van der Waals surface area contributed by atoms with E-state index in [2.05, 4.69) is 5.32 Å². The summed E-state index contributed by atoms with van der Waals surface area (Å²) in [5.74, 6) is -0.733. The molecule has 0 saturated heterocycles. The molecule has 0 radical (unpaired) electrons. The third-order valence-electron chi connectivity index (χ3n) is 3.01. The Morgan fingerprint density at radius 1 is 1.28 bits per heavy atom. The number of amides is 1. The van der Waals surface area contributed by atoms with Crippen LogP contribution in [0, 0.1) is 6.92 Å². The van der Waals surface area contributed by atoms with E-state index in [0.29, 0.717) is 5.56 Å². The van der Waals surface area contributed by atoms with Crippen LogP contribution in [0.25, 0.3) is 5.57 Å². The summed E-state index contributed by atoms with van der Waals surface area (Å²) in [6.45, 7) is 4.69. The Bertz CT molecular complexity index is 553. The van der Waals surface area contributed by atoms with Crippen LogP contribution >= 0.6 is 0 Å². The molecule has 0 bridgehead atoms. The predicted molar refractivity (Wildman–Crippen MR) is 67.5 cm³/mol. The first-order chi connectivity index (χ1) is 8.33. The van der Waals surface area contributed by atoms with E-state index in [4.69, 9.17) is 0 Å². The summed E-state index contributed by atoms with van der Waals surface area (Å²) < 4.78 is 0. The molecule has 0 saturated carbocycles. The van der Waals surface area contributed by atoms with Gasteiger partial charge in [0.25, 0.3) is 5.91 Å². The first kappa shape index (κ1) is 12.5. The smallest absolute Gasteiger partial charge is 0.254 e. The summed E-state index contributed by atoms with van der Waals surface area (Å²) in [5, 5.41) is 12.5. The molecule has 1 aromatic rings. The second kappa shape index (κ2) is 4.07. The number of carbonyl (C=O) groups excluding carboxylic acids is 2. The third kappa shape index (κ3) is 1.95. The minimum Gasteiger partial charge on any atom is -0.367 e. The van der Waals surface area contributed by atoms with E-state index in [-0.39, 0.29) is 16.9 Å². The molecular weight excluding hydrogens is 230 g/mol. The zero-order chi connectivity index (χ0) is 13.5. The zero-order valence-electron chi connectivity index (χ0n) is 10.6. The first-order valence-corrected chi connectivity index (χ1v) is 5.70. The van der Waals surface area contributed by atoms with Gasteiger partial charge in [0.1, 0.15) is 0 Å². The van der Waals surface area contributed by atoms with E-state index in [1.54, 1.807) is 12.1 Å². The number of nitrogens with one attached hydrogen (secondary N) is 1. The zero-order valence-corrected chi connectivity index (χ0v) is 10.6. The van der Waals surface area contributed by atoms with Gasteiger partial charge < -0.3 is 10.4 Å². The van der Waals surface area contributed by atoms with Crippen molar-refractivity contribution in [3.63, 3.8) is 0 Å². The molecule has 0 aliphatic carbocycles. The van der Waals surface area contributed by atoms with Gasteiger partial charge >= 0.3 is 0 Å². The summed E-state index contributed by atoms with van der Waals surface area (Å²) in [7, 11) is 0. The van der Waals surface area contributed by atoms with E-state index >= 15 is 0 Å². The molecule has 94 valence electrons. The Morgan fingerprint density at radius 3 is 2.33 bits per heavy atom. The van der Waals surface area contributed by atoms with Gasteiger partial charge in [0, 0.05) is 0 Å². The number of rotatable bonds is 2. The molecule has 0 aromatic heterocycles. The highest BCUT2D eigenvalue weighted by atomic mass is 16.3. The van der Waals surface area contributed by atoms with E-state index in [9.17, 15) is 14.7 Å². The fourth-order valence-corrected chi connectivity index (χ4v) is 2.22. The monoisotopic (exact) mass is 245 g/mol. The Labute approximate surface area is 105 Å². The maximum Gasteiger partial charge on any atom is 0.254 e. The number of hydrogen-bond acceptors (Lipinski definition) is 3. The molecule has 1 unspecified atom stereocenters. The summed E-state index contributed by atoms with van der Waals surface area (Å²) in [6, 6.07) is 7.27. The van der Waals surface area contributed by atoms with Crippen LogP contribution in [0.1, 0.15) is 25.0 Å². The van der Waals surface area contributed by atoms with Crippen molar-refractivity contribution in [2.24, 2.45) is 0 Å². The van der Waals surface area contributed by atoms with Crippen molar-refractivity contribution >= 4 is 17.3 Å². The Balaban J connectivity index is 2.64. The number of carbonyl (C=O) groups is 2. The number of aliphatic hydroxyl groups is 1. The van der Waals surface area contributed by atoms with Gasteiger partial charge in [-0.3, -0.25) is 9.59 Å². The molecule has 4 heteroatoms. The number of aryl methyl sites for hydroxylation is 1. The van der Waals surface area contributed by atoms with Crippen LogP contribution in [0.2, 0.25) is 0 Å². The molecule has 2 rings (SSSR count). The predicted octanol–water partition coefficient (Wildman–Crippen LogP) is 1.18. The molecule has 1 atom stereocenters. The minimum absolute atomic E-state index is 0.122. The molecule has 1 aromatic carbocycles. The van der Waals surface area contributed by atoms with Crippen LogP contribution in [-0.4, -0.2) is 22.5 Å². The third-order valence-corrected chi connectivity index (χ3v) is 3.01. The number of ketones is 1. The molecular formula is C14H15NO3. The van der Waals surface area contributed by atoms with Crippen LogP contribution in [0.3, 0.4) is 0 Å². The topological polar surface area (TPSA) is 66.4 Å². The lowest BCUT2D eigenvalue weighted by atomic mass is 9.94. The van der Waals surface area contributed by atoms with Crippen LogP contribution in [0.5, 0.6) is 0 Å². The lowest BCUT2D eigenvalue weighted by molar-refractivity contribution is -0.119. The summed E-state index contributed by atoms with van der Waals surface area (Å²) in [4.78, 5) is 23.6. The largest absolute Gasteiger partial charge is 0.367 e. The number of Topliss-reactive ketones (excluding diaryl/α,β-unsaturated/α-hetero) is 1. The van der Waals surface area contributed by atoms with Crippen molar-refractivity contribution in [1.82, 2.24) is 5.32 Å². The number of hydrogen-bond donors (Lipinski definition) is 2. The summed E-state index contributed by atoms with van der Waals surface area (Å²) in [6.07, 6.45) is 0. The lowest BCUT2D eigenvalue weighted by Gasteiger charge is -2.19. The maximum absolute atomic E-state index is 11.9. The summed E-state index contributed by atoms with van der Waals surface area (Å²) in [5.41, 5.74) is 0.488. The van der Waals surface area contributed by atoms with Gasteiger partial charge in [-0.2, -0.15) is 0 Å². The summed E-state index contributed by atoms with van der Waals surface area (Å²) >= 11 is 0. The Hall–Kier alpha value is -1.94. The fraction of sp³-hybridized carbons (Fsp3) is 0.286. The van der Waals surface area contributed by atoms with E-state index in [1.807, 2.05) is 19.1 Å². The molecule has 1 aliphatic rings. The van der Waals surface area contributed by atoms with Gasteiger partial charge in [-0.25, -0.2) is 0 Å². The lowest BCUT2D eigenvalue weighted by Crippen LogP contribution is -2.42. The molecule has 18 heavy (non-hydrogen) atoms. The van der Waals surface area contributed by atoms with Gasteiger partial charge in [-0.1, -0.05) is 29.8 Å². The second-order valence-electron chi connectivity index (χ2n) is 4.70. The van der Waals surface area contributed by atoms with Gasteiger partial charge in [-0.15, -0.1) is 0 Å². The van der Waals surface area contributed by atoms with Crippen LogP contribution in [0.4, 0.5) is 0 Å². The van der Waals surface area contributed by atoms with Gasteiger partial charge in [0.2, 0.25) is 0 Å². The Kier molecular flexibility index (Phi) is 2.83. The average Bonchev–Trinajstić information content (AvgIpc) is 2.49. The fourth-order valence-electron chi connectivity index (χ4n) is 2.22. The number of benzene rings is 1. The van der Waals surface area contributed by atoms with Crippen LogP contribution in [0.15, 0.2) is 29.8 Å². The molecule has 1 heterocycles. The normalized spacial score (nSPS) is 23.2. The van der Waals surface area contributed by atoms with Crippen molar-refractivity contribution in [3.05, 3.63) is 41.0 Å². The molecule has 2 N–H and O–H groups in total. The SMILES string of the molecule is CC(=O)C1=C(c2ccc(C)cc2)C(=O)NC1(C)O.